The van der Waals surface area contributed by atoms with Crippen LogP contribution in [0.2, 0.25) is 0 Å². The highest BCUT2D eigenvalue weighted by molar-refractivity contribution is 5.80. The Labute approximate surface area is 160 Å². The molecule has 26 heavy (non-hydrogen) atoms. The molecular weight excluding hydrogens is 314 g/mol. The molecule has 0 unspecified atom stereocenters. The number of nitrogens with two attached hydrogens (primary N) is 1. The van der Waals surface area contributed by atoms with Crippen molar-refractivity contribution in [1.29, 1.82) is 0 Å². The summed E-state index contributed by atoms with van der Waals surface area (Å²) in [5.41, 5.74) is 16.0. The standard InChI is InChI=1S/C25H35N/c1-16-13-20-21(25(7,8)12-11-24(20,5)6)15-18(16)19-14-17(23(2,3)4)9-10-22(19)26/h9-10,13-15H,11-12,26H2,1-8H3. The van der Waals surface area contributed by atoms with Crippen molar-refractivity contribution >= 4 is 5.69 Å². The lowest BCUT2D eigenvalue weighted by Crippen LogP contribution is -2.34. The molecule has 0 spiro atoms. The summed E-state index contributed by atoms with van der Waals surface area (Å²) in [7, 11) is 0. The topological polar surface area (TPSA) is 26.0 Å². The predicted molar refractivity (Wildman–Crippen MR) is 115 cm³/mol. The number of rotatable bonds is 1. The van der Waals surface area contributed by atoms with Crippen molar-refractivity contribution in [3.63, 3.8) is 0 Å². The number of fused-ring (bicyclic) bond motifs is 1. The van der Waals surface area contributed by atoms with Gasteiger partial charge in [0.25, 0.3) is 0 Å². The lowest BCUT2D eigenvalue weighted by atomic mass is 9.62. The molecule has 0 heterocycles. The summed E-state index contributed by atoms with van der Waals surface area (Å²) in [6.07, 6.45) is 2.47. The first kappa shape index (κ1) is 19.0. The zero-order chi connectivity index (χ0) is 19.5. The van der Waals surface area contributed by atoms with Gasteiger partial charge >= 0.3 is 0 Å². The first-order valence-electron chi connectivity index (χ1n) is 9.89. The smallest absolute Gasteiger partial charge is 0.0394 e. The summed E-state index contributed by atoms with van der Waals surface area (Å²) in [5.74, 6) is 0. The summed E-state index contributed by atoms with van der Waals surface area (Å²) < 4.78 is 0. The number of aryl methyl sites for hydroxylation is 1. The molecule has 0 saturated heterocycles. The fraction of sp³-hybridized carbons (Fsp3) is 0.520. The molecular formula is C25H35N. The van der Waals surface area contributed by atoms with E-state index < -0.39 is 0 Å². The fourth-order valence-corrected chi connectivity index (χ4v) is 4.27. The summed E-state index contributed by atoms with van der Waals surface area (Å²) in [6.45, 7) is 18.5. The average molecular weight is 350 g/mol. The summed E-state index contributed by atoms with van der Waals surface area (Å²) in [4.78, 5) is 0. The van der Waals surface area contributed by atoms with Crippen LogP contribution in [0.25, 0.3) is 11.1 Å². The van der Waals surface area contributed by atoms with Crippen molar-refractivity contribution in [2.45, 2.75) is 84.5 Å². The molecule has 0 amide bonds. The van der Waals surface area contributed by atoms with Crippen LogP contribution in [0.1, 0.15) is 83.6 Å². The number of anilines is 1. The van der Waals surface area contributed by atoms with Crippen LogP contribution >= 0.6 is 0 Å². The highest BCUT2D eigenvalue weighted by Crippen LogP contribution is 2.48. The van der Waals surface area contributed by atoms with E-state index in [4.69, 9.17) is 5.73 Å². The van der Waals surface area contributed by atoms with Crippen LogP contribution in [0.15, 0.2) is 30.3 Å². The van der Waals surface area contributed by atoms with Gasteiger partial charge in [0.05, 0.1) is 0 Å². The van der Waals surface area contributed by atoms with Crippen molar-refractivity contribution in [2.75, 3.05) is 5.73 Å². The van der Waals surface area contributed by atoms with Crippen LogP contribution in [0.4, 0.5) is 5.69 Å². The van der Waals surface area contributed by atoms with Gasteiger partial charge in [0.2, 0.25) is 0 Å². The van der Waals surface area contributed by atoms with Crippen molar-refractivity contribution < 1.29 is 0 Å². The Morgan fingerprint density at radius 1 is 0.808 bits per heavy atom. The van der Waals surface area contributed by atoms with Gasteiger partial charge in [-0.05, 0) is 82.0 Å². The Kier molecular flexibility index (Phi) is 4.30. The minimum absolute atomic E-state index is 0.117. The van der Waals surface area contributed by atoms with Gasteiger partial charge in [-0.1, -0.05) is 60.6 Å². The number of nitrogen functional groups attached to an aromatic ring is 1. The van der Waals surface area contributed by atoms with Crippen LogP contribution in [0, 0.1) is 6.92 Å². The second kappa shape index (κ2) is 5.87. The van der Waals surface area contributed by atoms with E-state index in [1.54, 1.807) is 0 Å². The Morgan fingerprint density at radius 3 is 1.88 bits per heavy atom. The maximum absolute atomic E-state index is 6.43. The van der Waals surface area contributed by atoms with Crippen LogP contribution in [-0.2, 0) is 16.2 Å². The van der Waals surface area contributed by atoms with E-state index in [1.807, 2.05) is 0 Å². The molecule has 1 aliphatic rings. The number of benzene rings is 2. The zero-order valence-corrected chi connectivity index (χ0v) is 17.9. The molecule has 0 radical (unpaired) electrons. The molecule has 1 aliphatic carbocycles. The van der Waals surface area contributed by atoms with Gasteiger partial charge in [0.1, 0.15) is 0 Å². The molecule has 0 fully saturated rings. The summed E-state index contributed by atoms with van der Waals surface area (Å²) >= 11 is 0. The maximum Gasteiger partial charge on any atom is 0.0394 e. The minimum Gasteiger partial charge on any atom is -0.398 e. The van der Waals surface area contributed by atoms with Crippen LogP contribution < -0.4 is 5.73 Å². The molecule has 0 aliphatic heterocycles. The van der Waals surface area contributed by atoms with E-state index in [1.165, 1.54) is 46.2 Å². The molecule has 2 aromatic carbocycles. The van der Waals surface area contributed by atoms with Crippen molar-refractivity contribution in [1.82, 2.24) is 0 Å². The van der Waals surface area contributed by atoms with E-state index in [0.717, 1.165) is 5.69 Å². The van der Waals surface area contributed by atoms with Gasteiger partial charge in [-0.15, -0.1) is 0 Å². The Hall–Kier alpha value is -1.76. The van der Waals surface area contributed by atoms with Crippen LogP contribution in [0.3, 0.4) is 0 Å². The van der Waals surface area contributed by atoms with E-state index >= 15 is 0 Å². The van der Waals surface area contributed by atoms with Gasteiger partial charge in [-0.3, -0.25) is 0 Å². The van der Waals surface area contributed by atoms with E-state index in [2.05, 4.69) is 85.7 Å². The molecule has 2 N–H and O–H groups in total. The molecule has 3 rings (SSSR count). The van der Waals surface area contributed by atoms with Crippen molar-refractivity contribution in [3.8, 4) is 11.1 Å². The molecule has 0 atom stereocenters. The van der Waals surface area contributed by atoms with Gasteiger partial charge in [-0.25, -0.2) is 0 Å². The lowest BCUT2D eigenvalue weighted by Gasteiger charge is -2.42. The lowest BCUT2D eigenvalue weighted by molar-refractivity contribution is 0.332. The van der Waals surface area contributed by atoms with Crippen LogP contribution in [0.5, 0.6) is 0 Å². The fourth-order valence-electron chi connectivity index (χ4n) is 4.27. The Balaban J connectivity index is 2.26. The third kappa shape index (κ3) is 3.17. The highest BCUT2D eigenvalue weighted by Gasteiger charge is 2.37. The van der Waals surface area contributed by atoms with Gasteiger partial charge in [0, 0.05) is 11.3 Å². The first-order valence-corrected chi connectivity index (χ1v) is 9.89. The Morgan fingerprint density at radius 2 is 1.35 bits per heavy atom. The molecule has 2 aromatic rings. The highest BCUT2D eigenvalue weighted by atomic mass is 14.6. The quantitative estimate of drug-likeness (QED) is 0.557. The van der Waals surface area contributed by atoms with Gasteiger partial charge < -0.3 is 5.73 Å². The third-order valence-corrected chi connectivity index (χ3v) is 6.41. The molecule has 0 bridgehead atoms. The molecule has 0 saturated carbocycles. The minimum atomic E-state index is 0.117. The Bertz CT molecular complexity index is 847. The van der Waals surface area contributed by atoms with E-state index in [-0.39, 0.29) is 16.2 Å². The third-order valence-electron chi connectivity index (χ3n) is 6.41. The van der Waals surface area contributed by atoms with Crippen molar-refractivity contribution in [2.24, 2.45) is 0 Å². The predicted octanol–water partition coefficient (Wildman–Crippen LogP) is 6.89. The summed E-state index contributed by atoms with van der Waals surface area (Å²) in [5, 5.41) is 0. The van der Waals surface area contributed by atoms with Crippen molar-refractivity contribution in [3.05, 3.63) is 52.6 Å². The molecule has 140 valence electrons. The number of hydrogen-bond acceptors (Lipinski definition) is 1. The zero-order valence-electron chi connectivity index (χ0n) is 17.9. The average Bonchev–Trinajstić information content (AvgIpc) is 2.51. The maximum atomic E-state index is 6.43. The summed E-state index contributed by atoms with van der Waals surface area (Å²) in [6, 6.07) is 11.4. The SMILES string of the molecule is Cc1cc2c(cc1-c1cc(C(C)(C)C)ccc1N)C(C)(C)CCC2(C)C. The second-order valence-electron chi connectivity index (χ2n) is 10.5. The van der Waals surface area contributed by atoms with E-state index in [0.29, 0.717) is 0 Å². The largest absolute Gasteiger partial charge is 0.398 e. The molecule has 1 nitrogen and oxygen atoms in total. The van der Waals surface area contributed by atoms with E-state index in [9.17, 15) is 0 Å². The van der Waals surface area contributed by atoms with Gasteiger partial charge in [-0.2, -0.15) is 0 Å². The number of hydrogen-bond donors (Lipinski definition) is 1. The first-order chi connectivity index (χ1) is 11.8. The monoisotopic (exact) mass is 349 g/mol. The van der Waals surface area contributed by atoms with Gasteiger partial charge in [0.15, 0.2) is 0 Å². The molecule has 0 aromatic heterocycles. The molecule has 1 heteroatoms. The normalized spacial score (nSPS) is 18.5. The second-order valence-corrected chi connectivity index (χ2v) is 10.5. The van der Waals surface area contributed by atoms with Crippen LogP contribution in [-0.4, -0.2) is 0 Å².